The molecule has 1 aromatic carbocycles. The van der Waals surface area contributed by atoms with Gasteiger partial charge in [0, 0.05) is 10.7 Å². The van der Waals surface area contributed by atoms with Gasteiger partial charge in [-0.25, -0.2) is 0 Å². The van der Waals surface area contributed by atoms with Crippen LogP contribution in [0.1, 0.15) is 42.5 Å². The maximum Gasteiger partial charge on any atom is 0.254 e. The number of benzene rings is 1. The van der Waals surface area contributed by atoms with Crippen molar-refractivity contribution in [1.29, 1.82) is 5.26 Å². The molecule has 1 aliphatic rings. The van der Waals surface area contributed by atoms with Gasteiger partial charge in [-0.05, 0) is 31.0 Å². The van der Waals surface area contributed by atoms with Crippen molar-refractivity contribution < 1.29 is 4.79 Å². The number of carbonyl (C=O) groups is 1. The molecule has 1 saturated carbocycles. The van der Waals surface area contributed by atoms with E-state index < -0.39 is 5.54 Å². The Balaban J connectivity index is 2.18. The topological polar surface area (TPSA) is 78.9 Å². The van der Waals surface area contributed by atoms with Gasteiger partial charge in [-0.3, -0.25) is 4.79 Å². The summed E-state index contributed by atoms with van der Waals surface area (Å²) in [5, 5.41) is 12.7. The third-order valence-corrected chi connectivity index (χ3v) is 3.77. The highest BCUT2D eigenvalue weighted by Crippen LogP contribution is 2.28. The normalized spacial score (nSPS) is 17.5. The van der Waals surface area contributed by atoms with Crippen LogP contribution in [0, 0.1) is 11.3 Å². The number of nitriles is 1. The maximum atomic E-state index is 12.2. The van der Waals surface area contributed by atoms with Crippen molar-refractivity contribution in [2.75, 3.05) is 5.73 Å². The Morgan fingerprint density at radius 1 is 1.37 bits per heavy atom. The van der Waals surface area contributed by atoms with Crippen LogP contribution in [0.2, 0.25) is 5.02 Å². The molecule has 0 heterocycles. The highest BCUT2D eigenvalue weighted by atomic mass is 35.5. The quantitative estimate of drug-likeness (QED) is 0.816. The number of halogens is 1. The monoisotopic (exact) mass is 277 g/mol. The first-order chi connectivity index (χ1) is 9.06. The summed E-state index contributed by atoms with van der Waals surface area (Å²) in [6.45, 7) is 0. The van der Waals surface area contributed by atoms with Gasteiger partial charge in [-0.2, -0.15) is 5.26 Å². The lowest BCUT2D eigenvalue weighted by molar-refractivity contribution is 0.0903. The number of nitrogens with one attached hydrogen (secondary N) is 1. The fourth-order valence-electron chi connectivity index (χ4n) is 2.45. The molecule has 100 valence electrons. The zero-order chi connectivity index (χ0) is 13.9. The minimum Gasteiger partial charge on any atom is -0.398 e. The molecule has 2 rings (SSSR count). The Hall–Kier alpha value is -1.73. The lowest BCUT2D eigenvalue weighted by Crippen LogP contribution is -2.48. The van der Waals surface area contributed by atoms with Crippen LogP contribution >= 0.6 is 11.6 Å². The van der Waals surface area contributed by atoms with Gasteiger partial charge < -0.3 is 11.1 Å². The SMILES string of the molecule is N#CC1(NC(=O)c2ccc(Cl)cc2N)CCCCC1. The van der Waals surface area contributed by atoms with E-state index in [1.165, 1.54) is 6.07 Å². The Kier molecular flexibility index (Phi) is 3.96. The fourth-order valence-corrected chi connectivity index (χ4v) is 2.63. The Bertz CT molecular complexity index is 530. The van der Waals surface area contributed by atoms with E-state index in [2.05, 4.69) is 11.4 Å². The second-order valence-corrected chi connectivity index (χ2v) is 5.38. The second kappa shape index (κ2) is 5.50. The van der Waals surface area contributed by atoms with E-state index in [-0.39, 0.29) is 5.91 Å². The van der Waals surface area contributed by atoms with Crippen molar-refractivity contribution >= 4 is 23.2 Å². The van der Waals surface area contributed by atoms with Gasteiger partial charge >= 0.3 is 0 Å². The number of nitrogens with zero attached hydrogens (tertiary/aromatic N) is 1. The molecule has 0 spiro atoms. The molecule has 1 aliphatic carbocycles. The smallest absolute Gasteiger partial charge is 0.254 e. The van der Waals surface area contributed by atoms with E-state index in [1.807, 2.05) is 0 Å². The third kappa shape index (κ3) is 2.99. The number of anilines is 1. The summed E-state index contributed by atoms with van der Waals surface area (Å²) in [4.78, 5) is 12.2. The van der Waals surface area contributed by atoms with Crippen LogP contribution < -0.4 is 11.1 Å². The van der Waals surface area contributed by atoms with Gasteiger partial charge in [0.25, 0.3) is 5.91 Å². The van der Waals surface area contributed by atoms with Crippen molar-refractivity contribution in [3.05, 3.63) is 28.8 Å². The molecule has 4 nitrogen and oxygen atoms in total. The van der Waals surface area contributed by atoms with Gasteiger partial charge in [0.05, 0.1) is 11.6 Å². The molecule has 0 atom stereocenters. The van der Waals surface area contributed by atoms with Crippen LogP contribution in [0.15, 0.2) is 18.2 Å². The number of hydrogen-bond acceptors (Lipinski definition) is 3. The highest BCUT2D eigenvalue weighted by Gasteiger charge is 2.34. The minimum absolute atomic E-state index is 0.308. The van der Waals surface area contributed by atoms with Crippen LogP contribution in [-0.4, -0.2) is 11.4 Å². The number of hydrogen-bond donors (Lipinski definition) is 2. The van der Waals surface area contributed by atoms with Crippen LogP contribution in [0.4, 0.5) is 5.69 Å². The summed E-state index contributed by atoms with van der Waals surface area (Å²) in [6, 6.07) is 6.99. The molecule has 19 heavy (non-hydrogen) atoms. The van der Waals surface area contributed by atoms with E-state index in [0.717, 1.165) is 19.3 Å². The van der Waals surface area contributed by atoms with Gasteiger partial charge in [0.1, 0.15) is 5.54 Å². The van der Waals surface area contributed by atoms with Crippen LogP contribution in [-0.2, 0) is 0 Å². The highest BCUT2D eigenvalue weighted by molar-refractivity contribution is 6.31. The van der Waals surface area contributed by atoms with Crippen molar-refractivity contribution in [3.8, 4) is 6.07 Å². The van der Waals surface area contributed by atoms with E-state index >= 15 is 0 Å². The molecule has 0 unspecified atom stereocenters. The number of rotatable bonds is 2. The number of amides is 1. The standard InChI is InChI=1S/C14H16ClN3O/c15-10-4-5-11(12(17)8-10)13(19)18-14(9-16)6-2-1-3-7-14/h4-5,8H,1-3,6-7,17H2,(H,18,19). The molecule has 0 aliphatic heterocycles. The van der Waals surface area contributed by atoms with Gasteiger partial charge in [0.15, 0.2) is 0 Å². The Morgan fingerprint density at radius 2 is 2.05 bits per heavy atom. The Morgan fingerprint density at radius 3 is 2.63 bits per heavy atom. The molecule has 1 amide bonds. The van der Waals surface area contributed by atoms with Gasteiger partial charge in [-0.15, -0.1) is 0 Å². The largest absolute Gasteiger partial charge is 0.398 e. The summed E-state index contributed by atoms with van der Waals surface area (Å²) in [6.07, 6.45) is 4.43. The van der Waals surface area contributed by atoms with E-state index in [0.29, 0.717) is 29.1 Å². The van der Waals surface area contributed by atoms with E-state index in [4.69, 9.17) is 17.3 Å². The number of nitrogen functional groups attached to an aromatic ring is 1. The van der Waals surface area contributed by atoms with Gasteiger partial charge in [0.2, 0.25) is 0 Å². The van der Waals surface area contributed by atoms with Crippen molar-refractivity contribution in [3.63, 3.8) is 0 Å². The molecule has 0 saturated heterocycles. The van der Waals surface area contributed by atoms with E-state index in [9.17, 15) is 10.1 Å². The van der Waals surface area contributed by atoms with Crippen molar-refractivity contribution in [1.82, 2.24) is 5.32 Å². The molecule has 0 bridgehead atoms. The lowest BCUT2D eigenvalue weighted by atomic mass is 9.82. The summed E-state index contributed by atoms with van der Waals surface area (Å²) >= 11 is 5.80. The molecule has 1 aromatic rings. The Labute approximate surface area is 117 Å². The first-order valence-corrected chi connectivity index (χ1v) is 6.73. The van der Waals surface area contributed by atoms with Crippen molar-refractivity contribution in [2.45, 2.75) is 37.6 Å². The summed E-state index contributed by atoms with van der Waals surface area (Å²) < 4.78 is 0. The second-order valence-electron chi connectivity index (χ2n) is 4.94. The average molecular weight is 278 g/mol. The average Bonchev–Trinajstić information content (AvgIpc) is 2.39. The van der Waals surface area contributed by atoms with E-state index in [1.54, 1.807) is 12.1 Å². The summed E-state index contributed by atoms with van der Waals surface area (Å²) in [5.41, 5.74) is 5.73. The number of carbonyl (C=O) groups excluding carboxylic acids is 1. The molecular weight excluding hydrogens is 262 g/mol. The van der Waals surface area contributed by atoms with Crippen LogP contribution in [0.3, 0.4) is 0 Å². The summed E-state index contributed by atoms with van der Waals surface area (Å²) in [7, 11) is 0. The minimum atomic E-state index is -0.749. The predicted molar refractivity (Wildman–Crippen MR) is 74.8 cm³/mol. The zero-order valence-electron chi connectivity index (χ0n) is 10.6. The van der Waals surface area contributed by atoms with Crippen LogP contribution in [0.5, 0.6) is 0 Å². The summed E-state index contributed by atoms with van der Waals surface area (Å²) in [5.74, 6) is -0.308. The predicted octanol–water partition coefficient (Wildman–Crippen LogP) is 2.88. The molecule has 3 N–H and O–H groups in total. The number of nitrogens with two attached hydrogens (primary N) is 1. The molecule has 0 aromatic heterocycles. The first kappa shape index (κ1) is 13.7. The fraction of sp³-hybridized carbons (Fsp3) is 0.429. The zero-order valence-corrected chi connectivity index (χ0v) is 11.3. The first-order valence-electron chi connectivity index (χ1n) is 6.35. The molecule has 1 fully saturated rings. The van der Waals surface area contributed by atoms with Crippen LogP contribution in [0.25, 0.3) is 0 Å². The maximum absolute atomic E-state index is 12.2. The molecular formula is C14H16ClN3O. The van der Waals surface area contributed by atoms with Crippen molar-refractivity contribution in [2.24, 2.45) is 0 Å². The lowest BCUT2D eigenvalue weighted by Gasteiger charge is -2.31. The van der Waals surface area contributed by atoms with Gasteiger partial charge in [-0.1, -0.05) is 30.9 Å². The molecule has 0 radical (unpaired) electrons. The molecule has 5 heteroatoms. The third-order valence-electron chi connectivity index (χ3n) is 3.53.